The highest BCUT2D eigenvalue weighted by Crippen LogP contribution is 2.49. The van der Waals surface area contributed by atoms with Crippen LogP contribution >= 0.6 is 0 Å². The summed E-state index contributed by atoms with van der Waals surface area (Å²) >= 11 is 0. The lowest BCUT2D eigenvalue weighted by atomic mass is 9.58. The molecule has 1 saturated carbocycles. The van der Waals surface area contributed by atoms with Gasteiger partial charge in [-0.2, -0.15) is 0 Å². The summed E-state index contributed by atoms with van der Waals surface area (Å²) in [6, 6.07) is 0. The minimum absolute atomic E-state index is 0.330. The fourth-order valence-electron chi connectivity index (χ4n) is 3.58. The van der Waals surface area contributed by atoms with Crippen molar-refractivity contribution in [1.29, 1.82) is 0 Å². The van der Waals surface area contributed by atoms with Crippen molar-refractivity contribution < 1.29 is 4.79 Å². The summed E-state index contributed by atoms with van der Waals surface area (Å²) in [6.07, 6.45) is 7.30. The molecule has 0 unspecified atom stereocenters. The number of carbonyl (C=O) groups excluding carboxylic acids is 1. The molecule has 1 nitrogen and oxygen atoms in total. The molecular formula is C13H20O. The lowest BCUT2D eigenvalue weighted by Crippen LogP contribution is -2.39. The largest absolute Gasteiger partial charge is 0.295 e. The van der Waals surface area contributed by atoms with Crippen LogP contribution in [0.5, 0.6) is 0 Å². The van der Waals surface area contributed by atoms with Crippen molar-refractivity contribution in [3.63, 3.8) is 0 Å². The summed E-state index contributed by atoms with van der Waals surface area (Å²) in [5.41, 5.74) is 0.388. The number of allylic oxidation sites excluding steroid dienone is 2. The van der Waals surface area contributed by atoms with Crippen LogP contribution < -0.4 is 0 Å². The number of carbonyl (C=O) groups is 1. The Hall–Kier alpha value is -0.590. The van der Waals surface area contributed by atoms with Crippen molar-refractivity contribution in [2.24, 2.45) is 23.2 Å². The minimum Gasteiger partial charge on any atom is -0.295 e. The monoisotopic (exact) mass is 192 g/mol. The summed E-state index contributed by atoms with van der Waals surface area (Å²) in [7, 11) is 0. The van der Waals surface area contributed by atoms with Gasteiger partial charge in [0.2, 0.25) is 0 Å². The molecule has 0 aliphatic heterocycles. The molecular weight excluding hydrogens is 172 g/mol. The van der Waals surface area contributed by atoms with Gasteiger partial charge in [-0.05, 0) is 42.1 Å². The van der Waals surface area contributed by atoms with Crippen molar-refractivity contribution in [2.45, 2.75) is 40.0 Å². The topological polar surface area (TPSA) is 17.1 Å². The molecule has 0 radical (unpaired) electrons. The van der Waals surface area contributed by atoms with Gasteiger partial charge in [-0.1, -0.05) is 26.8 Å². The average Bonchev–Trinajstić information content (AvgIpc) is 2.00. The van der Waals surface area contributed by atoms with E-state index in [4.69, 9.17) is 0 Å². The Labute approximate surface area is 86.6 Å². The quantitative estimate of drug-likeness (QED) is 0.576. The highest BCUT2D eigenvalue weighted by Gasteiger charge is 2.41. The predicted molar refractivity (Wildman–Crippen MR) is 57.9 cm³/mol. The molecule has 1 heteroatoms. The van der Waals surface area contributed by atoms with Crippen molar-refractivity contribution in [1.82, 2.24) is 0 Å². The minimum atomic E-state index is 0.330. The molecule has 3 atom stereocenters. The van der Waals surface area contributed by atoms with Crippen molar-refractivity contribution in [3.05, 3.63) is 12.2 Å². The van der Waals surface area contributed by atoms with E-state index in [9.17, 15) is 4.79 Å². The first-order valence-electron chi connectivity index (χ1n) is 5.70. The third kappa shape index (κ3) is 1.65. The van der Waals surface area contributed by atoms with Gasteiger partial charge < -0.3 is 0 Å². The summed E-state index contributed by atoms with van der Waals surface area (Å²) in [5.74, 6) is 2.37. The van der Waals surface area contributed by atoms with E-state index >= 15 is 0 Å². The molecule has 2 rings (SSSR count). The fourth-order valence-corrected chi connectivity index (χ4v) is 3.58. The first-order valence-corrected chi connectivity index (χ1v) is 5.70. The lowest BCUT2D eigenvalue weighted by molar-refractivity contribution is -0.117. The van der Waals surface area contributed by atoms with Gasteiger partial charge in [0.25, 0.3) is 0 Å². The maximum Gasteiger partial charge on any atom is 0.155 e. The van der Waals surface area contributed by atoms with Gasteiger partial charge in [0.1, 0.15) is 0 Å². The van der Waals surface area contributed by atoms with E-state index in [1.165, 1.54) is 12.8 Å². The Morgan fingerprint density at radius 2 is 2.14 bits per heavy atom. The van der Waals surface area contributed by atoms with E-state index in [1.54, 1.807) is 6.08 Å². The number of fused-ring (bicyclic) bond motifs is 1. The summed E-state index contributed by atoms with van der Waals surface area (Å²) in [5, 5.41) is 0. The third-order valence-corrected chi connectivity index (χ3v) is 3.94. The van der Waals surface area contributed by atoms with Crippen molar-refractivity contribution in [2.75, 3.05) is 0 Å². The first kappa shape index (κ1) is 9.95. The van der Waals surface area contributed by atoms with Crippen molar-refractivity contribution in [3.8, 4) is 0 Å². The van der Waals surface area contributed by atoms with Gasteiger partial charge >= 0.3 is 0 Å². The molecule has 0 spiro atoms. The van der Waals surface area contributed by atoms with Crippen LogP contribution in [0.15, 0.2) is 12.2 Å². The van der Waals surface area contributed by atoms with Crippen LogP contribution in [0, 0.1) is 23.2 Å². The Kier molecular flexibility index (Phi) is 2.29. The van der Waals surface area contributed by atoms with Crippen LogP contribution in [0.3, 0.4) is 0 Å². The van der Waals surface area contributed by atoms with E-state index in [2.05, 4.69) is 26.8 Å². The van der Waals surface area contributed by atoms with Gasteiger partial charge in [-0.3, -0.25) is 4.79 Å². The maximum absolute atomic E-state index is 11.3. The van der Waals surface area contributed by atoms with Crippen LogP contribution in [0.1, 0.15) is 40.0 Å². The smallest absolute Gasteiger partial charge is 0.155 e. The zero-order valence-electron chi connectivity index (χ0n) is 9.42. The predicted octanol–water partition coefficient (Wildman–Crippen LogP) is 3.20. The molecule has 0 amide bonds. The van der Waals surface area contributed by atoms with Crippen molar-refractivity contribution >= 4 is 5.78 Å². The summed E-state index contributed by atoms with van der Waals surface area (Å²) in [4.78, 5) is 11.3. The zero-order valence-corrected chi connectivity index (χ0v) is 9.42. The molecule has 0 N–H and O–H groups in total. The van der Waals surface area contributed by atoms with Gasteiger partial charge in [0.05, 0.1) is 0 Å². The SMILES string of the molecule is C[C@@H]1C[C@H]2CC(=O)C=C[C@H]2C(C)(C)C1. The fraction of sp³-hybridized carbons (Fsp3) is 0.769. The summed E-state index contributed by atoms with van der Waals surface area (Å²) < 4.78 is 0. The van der Waals surface area contributed by atoms with E-state index < -0.39 is 0 Å². The number of ketones is 1. The zero-order chi connectivity index (χ0) is 10.3. The lowest BCUT2D eigenvalue weighted by Gasteiger charge is -2.46. The molecule has 0 saturated heterocycles. The Morgan fingerprint density at radius 3 is 2.86 bits per heavy atom. The molecule has 0 aromatic rings. The van der Waals surface area contributed by atoms with Gasteiger partial charge in [-0.25, -0.2) is 0 Å². The molecule has 78 valence electrons. The second-order valence-electron chi connectivity index (χ2n) is 5.85. The number of hydrogen-bond donors (Lipinski definition) is 0. The second kappa shape index (κ2) is 3.22. The Morgan fingerprint density at radius 1 is 1.43 bits per heavy atom. The highest BCUT2D eigenvalue weighted by molar-refractivity contribution is 5.90. The molecule has 1 fully saturated rings. The molecule has 2 aliphatic carbocycles. The van der Waals surface area contributed by atoms with E-state index in [0.717, 1.165) is 12.3 Å². The highest BCUT2D eigenvalue weighted by atomic mass is 16.1. The normalized spacial score (nSPS) is 40.8. The van der Waals surface area contributed by atoms with Gasteiger partial charge in [-0.15, -0.1) is 0 Å². The standard InChI is InChI=1S/C13H20O/c1-9-6-10-7-11(14)4-5-12(10)13(2,3)8-9/h4-5,9-10,12H,6-8H2,1-3H3/t9-,10+,12-/m1/s1. The van der Waals surface area contributed by atoms with E-state index in [0.29, 0.717) is 23.0 Å². The number of rotatable bonds is 0. The van der Waals surface area contributed by atoms with Crippen LogP contribution in [-0.4, -0.2) is 5.78 Å². The summed E-state index contributed by atoms with van der Waals surface area (Å²) in [6.45, 7) is 7.02. The molecule has 14 heavy (non-hydrogen) atoms. The van der Waals surface area contributed by atoms with E-state index in [-0.39, 0.29) is 0 Å². The average molecular weight is 192 g/mol. The molecule has 2 aliphatic rings. The first-order chi connectivity index (χ1) is 6.49. The molecule has 0 aromatic heterocycles. The Bertz CT molecular complexity index is 275. The van der Waals surface area contributed by atoms with Crippen LogP contribution in [0.4, 0.5) is 0 Å². The van der Waals surface area contributed by atoms with Crippen LogP contribution in [0.25, 0.3) is 0 Å². The molecule has 0 bridgehead atoms. The number of hydrogen-bond acceptors (Lipinski definition) is 1. The second-order valence-corrected chi connectivity index (χ2v) is 5.85. The Balaban J connectivity index is 2.25. The van der Waals surface area contributed by atoms with E-state index in [1.807, 2.05) is 0 Å². The van der Waals surface area contributed by atoms with Crippen LogP contribution in [0.2, 0.25) is 0 Å². The van der Waals surface area contributed by atoms with Gasteiger partial charge in [0, 0.05) is 6.42 Å². The third-order valence-electron chi connectivity index (χ3n) is 3.94. The van der Waals surface area contributed by atoms with Crippen LogP contribution in [-0.2, 0) is 4.79 Å². The molecule has 0 heterocycles. The molecule has 0 aromatic carbocycles. The maximum atomic E-state index is 11.3. The van der Waals surface area contributed by atoms with Gasteiger partial charge in [0.15, 0.2) is 5.78 Å².